The second-order valence-electron chi connectivity index (χ2n) is 4.78. The van der Waals surface area contributed by atoms with Gasteiger partial charge < -0.3 is 10.6 Å². The van der Waals surface area contributed by atoms with Crippen LogP contribution in [-0.2, 0) is 4.79 Å². The highest BCUT2D eigenvalue weighted by molar-refractivity contribution is 9.10. The molecule has 2 amide bonds. The number of anilines is 1. The molecule has 132 valence electrons. The third-order valence-corrected chi connectivity index (χ3v) is 4.23. The van der Waals surface area contributed by atoms with Gasteiger partial charge in [0.1, 0.15) is 0 Å². The highest BCUT2D eigenvalue weighted by atomic mass is 79.9. The Morgan fingerprint density at radius 2 is 1.68 bits per heavy atom. The van der Waals surface area contributed by atoms with Crippen molar-refractivity contribution in [3.63, 3.8) is 0 Å². The SMILES string of the molecule is O=C(CNC(=O)c1ccccc1SC(F)(F)F)Nc1ccc(Br)cc1. The zero-order chi connectivity index (χ0) is 18.4. The molecule has 0 aliphatic carbocycles. The predicted octanol–water partition coefficient (Wildman–Crippen LogP) is 4.43. The average Bonchev–Trinajstić information content (AvgIpc) is 2.54. The molecule has 0 fully saturated rings. The van der Waals surface area contributed by atoms with Crippen molar-refractivity contribution in [1.29, 1.82) is 0 Å². The van der Waals surface area contributed by atoms with Crippen molar-refractivity contribution in [2.45, 2.75) is 10.4 Å². The fourth-order valence-electron chi connectivity index (χ4n) is 1.86. The van der Waals surface area contributed by atoms with Crippen LogP contribution in [0, 0.1) is 0 Å². The molecule has 0 heterocycles. The van der Waals surface area contributed by atoms with E-state index in [2.05, 4.69) is 26.6 Å². The second-order valence-corrected chi connectivity index (χ2v) is 6.80. The highest BCUT2D eigenvalue weighted by Crippen LogP contribution is 2.38. The number of alkyl halides is 3. The maximum atomic E-state index is 12.5. The molecule has 0 bridgehead atoms. The molecule has 2 rings (SSSR count). The lowest BCUT2D eigenvalue weighted by Crippen LogP contribution is -2.33. The van der Waals surface area contributed by atoms with Crippen LogP contribution in [0.5, 0.6) is 0 Å². The maximum absolute atomic E-state index is 12.5. The third kappa shape index (κ3) is 6.43. The molecule has 0 unspecified atom stereocenters. The molecule has 4 nitrogen and oxygen atoms in total. The highest BCUT2D eigenvalue weighted by Gasteiger charge is 2.31. The molecule has 2 aromatic carbocycles. The Bertz CT molecular complexity index is 767. The molecule has 0 spiro atoms. The fourth-order valence-corrected chi connectivity index (χ4v) is 2.79. The number of halogens is 4. The van der Waals surface area contributed by atoms with Gasteiger partial charge in [0.2, 0.25) is 5.91 Å². The summed E-state index contributed by atoms with van der Waals surface area (Å²) in [6.07, 6.45) is 0. The van der Waals surface area contributed by atoms with Crippen LogP contribution in [0.25, 0.3) is 0 Å². The molecule has 25 heavy (non-hydrogen) atoms. The molecule has 0 radical (unpaired) electrons. The van der Waals surface area contributed by atoms with Gasteiger partial charge in [-0.2, -0.15) is 13.2 Å². The lowest BCUT2D eigenvalue weighted by molar-refractivity contribution is -0.115. The van der Waals surface area contributed by atoms with Crippen LogP contribution >= 0.6 is 27.7 Å². The molecule has 0 aliphatic heterocycles. The summed E-state index contributed by atoms with van der Waals surface area (Å²) < 4.78 is 38.4. The van der Waals surface area contributed by atoms with E-state index in [0.717, 1.165) is 4.47 Å². The maximum Gasteiger partial charge on any atom is 0.446 e. The van der Waals surface area contributed by atoms with Gasteiger partial charge in [-0.25, -0.2) is 0 Å². The number of hydrogen-bond acceptors (Lipinski definition) is 3. The monoisotopic (exact) mass is 432 g/mol. The van der Waals surface area contributed by atoms with Crippen LogP contribution in [0.2, 0.25) is 0 Å². The topological polar surface area (TPSA) is 58.2 Å². The van der Waals surface area contributed by atoms with Crippen molar-refractivity contribution in [1.82, 2.24) is 5.32 Å². The first kappa shape index (κ1) is 19.3. The van der Waals surface area contributed by atoms with E-state index in [4.69, 9.17) is 0 Å². The predicted molar refractivity (Wildman–Crippen MR) is 93.5 cm³/mol. The largest absolute Gasteiger partial charge is 0.446 e. The van der Waals surface area contributed by atoms with Crippen LogP contribution in [0.3, 0.4) is 0 Å². The van der Waals surface area contributed by atoms with Crippen molar-refractivity contribution in [3.8, 4) is 0 Å². The standard InChI is InChI=1S/C16H12BrF3N2O2S/c17-10-5-7-11(8-6-10)22-14(23)9-21-15(24)12-3-1-2-4-13(12)25-16(18,19)20/h1-8H,9H2,(H,21,24)(H,22,23). The van der Waals surface area contributed by atoms with Crippen LogP contribution in [0.1, 0.15) is 10.4 Å². The van der Waals surface area contributed by atoms with E-state index in [-0.39, 0.29) is 28.8 Å². The molecule has 0 saturated carbocycles. The zero-order valence-corrected chi connectivity index (χ0v) is 15.0. The van der Waals surface area contributed by atoms with E-state index >= 15 is 0 Å². The lowest BCUT2D eigenvalue weighted by atomic mass is 10.2. The Kier molecular flexibility index (Phi) is 6.49. The van der Waals surface area contributed by atoms with Gasteiger partial charge in [-0.15, -0.1) is 0 Å². The molecule has 2 aromatic rings. The van der Waals surface area contributed by atoms with E-state index < -0.39 is 17.3 Å². The first-order valence-corrected chi connectivity index (χ1v) is 8.54. The first-order chi connectivity index (χ1) is 11.7. The molecule has 0 saturated heterocycles. The number of carbonyl (C=O) groups excluding carboxylic acids is 2. The second kappa shape index (κ2) is 8.39. The van der Waals surface area contributed by atoms with Gasteiger partial charge in [0.05, 0.1) is 12.1 Å². The van der Waals surface area contributed by atoms with Gasteiger partial charge in [0.15, 0.2) is 0 Å². The Balaban J connectivity index is 1.96. The van der Waals surface area contributed by atoms with E-state index in [1.54, 1.807) is 24.3 Å². The van der Waals surface area contributed by atoms with E-state index in [1.807, 2.05) is 0 Å². The summed E-state index contributed by atoms with van der Waals surface area (Å²) in [5.41, 5.74) is -4.10. The number of amides is 2. The lowest BCUT2D eigenvalue weighted by Gasteiger charge is -2.11. The molecule has 0 atom stereocenters. The van der Waals surface area contributed by atoms with Crippen LogP contribution < -0.4 is 10.6 Å². The zero-order valence-electron chi connectivity index (χ0n) is 12.6. The minimum absolute atomic E-state index is 0.138. The summed E-state index contributed by atoms with van der Waals surface area (Å²) in [5.74, 6) is -1.24. The van der Waals surface area contributed by atoms with Crippen molar-refractivity contribution < 1.29 is 22.8 Å². The van der Waals surface area contributed by atoms with Crippen LogP contribution in [0.4, 0.5) is 18.9 Å². The molecule has 9 heteroatoms. The quantitative estimate of drug-likeness (QED) is 0.687. The minimum Gasteiger partial charge on any atom is -0.343 e. The summed E-state index contributed by atoms with van der Waals surface area (Å²) in [7, 11) is 0. The first-order valence-electron chi connectivity index (χ1n) is 6.93. The molecule has 0 aliphatic rings. The number of carbonyl (C=O) groups is 2. The number of nitrogens with one attached hydrogen (secondary N) is 2. The molecule has 0 aromatic heterocycles. The minimum atomic E-state index is -4.50. The summed E-state index contributed by atoms with van der Waals surface area (Å²) in [4.78, 5) is 23.7. The third-order valence-electron chi connectivity index (χ3n) is 2.89. The number of benzene rings is 2. The van der Waals surface area contributed by atoms with E-state index in [9.17, 15) is 22.8 Å². The molecular formula is C16H12BrF3N2O2S. The average molecular weight is 433 g/mol. The van der Waals surface area contributed by atoms with Gasteiger partial charge in [-0.1, -0.05) is 28.1 Å². The van der Waals surface area contributed by atoms with Gasteiger partial charge in [0, 0.05) is 15.1 Å². The summed E-state index contributed by atoms with van der Waals surface area (Å²) >= 11 is 2.89. The van der Waals surface area contributed by atoms with Crippen LogP contribution in [0.15, 0.2) is 57.9 Å². The number of rotatable bonds is 5. The Morgan fingerprint density at radius 1 is 1.04 bits per heavy atom. The molecular weight excluding hydrogens is 421 g/mol. The van der Waals surface area contributed by atoms with Gasteiger partial charge in [-0.05, 0) is 48.2 Å². The van der Waals surface area contributed by atoms with Crippen molar-refractivity contribution in [3.05, 3.63) is 58.6 Å². The van der Waals surface area contributed by atoms with Gasteiger partial charge >= 0.3 is 5.51 Å². The van der Waals surface area contributed by atoms with Crippen LogP contribution in [-0.4, -0.2) is 23.9 Å². The Labute approximate surface area is 154 Å². The van der Waals surface area contributed by atoms with Crippen molar-refractivity contribution in [2.75, 3.05) is 11.9 Å². The van der Waals surface area contributed by atoms with E-state index in [1.165, 1.54) is 24.3 Å². The van der Waals surface area contributed by atoms with Gasteiger partial charge in [0.25, 0.3) is 5.91 Å². The fraction of sp³-hybridized carbons (Fsp3) is 0.125. The number of hydrogen-bond donors (Lipinski definition) is 2. The summed E-state index contributed by atoms with van der Waals surface area (Å²) in [6.45, 7) is -0.361. The molecule has 2 N–H and O–H groups in total. The van der Waals surface area contributed by atoms with Crippen molar-refractivity contribution >= 4 is 45.2 Å². The number of thioether (sulfide) groups is 1. The van der Waals surface area contributed by atoms with E-state index in [0.29, 0.717) is 5.69 Å². The summed E-state index contributed by atoms with van der Waals surface area (Å²) in [6, 6.07) is 12.1. The Hall–Kier alpha value is -2.00. The normalized spacial score (nSPS) is 11.0. The Morgan fingerprint density at radius 3 is 2.32 bits per heavy atom. The van der Waals surface area contributed by atoms with Gasteiger partial charge in [-0.3, -0.25) is 9.59 Å². The smallest absolute Gasteiger partial charge is 0.343 e. The summed E-state index contributed by atoms with van der Waals surface area (Å²) in [5, 5.41) is 4.88. The van der Waals surface area contributed by atoms with Crippen molar-refractivity contribution in [2.24, 2.45) is 0 Å².